The van der Waals surface area contributed by atoms with Crippen molar-refractivity contribution >= 4 is 27.5 Å². The lowest BCUT2D eigenvalue weighted by atomic mass is 10.0. The number of alkyl halides is 3. The Morgan fingerprint density at radius 2 is 1.65 bits per heavy atom. The largest absolute Gasteiger partial charge is 0.416 e. The second-order valence-corrected chi connectivity index (χ2v) is 6.09. The molecule has 0 atom stereocenters. The van der Waals surface area contributed by atoms with Gasteiger partial charge in [-0.25, -0.2) is 4.39 Å². The summed E-state index contributed by atoms with van der Waals surface area (Å²) in [6.07, 6.45) is -4.40. The highest BCUT2D eigenvalue weighted by atomic mass is 19.4. The fraction of sp³-hybridized carbons (Fsp3) is 0.100. The van der Waals surface area contributed by atoms with Gasteiger partial charge in [0.05, 0.1) is 16.8 Å². The molecule has 4 rings (SSSR count). The number of hydrogen-bond donors (Lipinski definition) is 2. The smallest absolute Gasteiger partial charge is 0.386 e. The van der Waals surface area contributed by atoms with E-state index in [-0.39, 0.29) is 5.82 Å². The summed E-state index contributed by atoms with van der Waals surface area (Å²) in [6, 6.07) is 13.3. The molecule has 0 radical (unpaired) electrons. The molecule has 3 aromatic carbocycles. The number of H-pyrrole nitrogens is 1. The lowest BCUT2D eigenvalue weighted by Crippen LogP contribution is -2.04. The van der Waals surface area contributed by atoms with Gasteiger partial charge in [-0.1, -0.05) is 18.2 Å². The van der Waals surface area contributed by atoms with Crippen molar-refractivity contribution < 1.29 is 17.6 Å². The Morgan fingerprint density at radius 1 is 0.885 bits per heavy atom. The molecule has 1 aromatic heterocycles. The van der Waals surface area contributed by atoms with E-state index in [1.807, 2.05) is 0 Å². The van der Waals surface area contributed by atoms with Crippen LogP contribution < -0.4 is 5.32 Å². The van der Waals surface area contributed by atoms with Crippen molar-refractivity contribution in [2.24, 2.45) is 0 Å². The summed E-state index contributed by atoms with van der Waals surface area (Å²) in [5.41, 5.74) is 2.57. The predicted octanol–water partition coefficient (Wildman–Crippen LogP) is 6.19. The highest BCUT2D eigenvalue weighted by Crippen LogP contribution is 2.36. The van der Waals surface area contributed by atoms with Gasteiger partial charge in [0, 0.05) is 23.3 Å². The second kappa shape index (κ2) is 5.76. The molecule has 2 nitrogen and oxygen atoms in total. The van der Waals surface area contributed by atoms with E-state index in [1.54, 1.807) is 31.3 Å². The third-order valence-corrected chi connectivity index (χ3v) is 4.47. The van der Waals surface area contributed by atoms with Crippen molar-refractivity contribution in [3.05, 3.63) is 66.0 Å². The summed E-state index contributed by atoms with van der Waals surface area (Å²) in [5.74, 6) is -0.382. The molecule has 1 heterocycles. The maximum atomic E-state index is 13.9. The number of aromatic nitrogens is 1. The summed E-state index contributed by atoms with van der Waals surface area (Å²) in [5, 5.41) is 4.38. The Morgan fingerprint density at radius 3 is 2.38 bits per heavy atom. The number of fused-ring (bicyclic) bond motifs is 3. The zero-order chi connectivity index (χ0) is 18.5. The Balaban J connectivity index is 1.93. The topological polar surface area (TPSA) is 27.8 Å². The number of benzene rings is 3. The summed E-state index contributed by atoms with van der Waals surface area (Å²) in [7, 11) is 1.70. The van der Waals surface area contributed by atoms with E-state index in [9.17, 15) is 17.6 Å². The van der Waals surface area contributed by atoms with Crippen LogP contribution in [-0.4, -0.2) is 12.0 Å². The van der Waals surface area contributed by atoms with Crippen LogP contribution in [0.4, 0.5) is 23.2 Å². The minimum Gasteiger partial charge on any atom is -0.386 e. The van der Waals surface area contributed by atoms with Crippen molar-refractivity contribution in [2.45, 2.75) is 6.18 Å². The minimum absolute atomic E-state index is 0.382. The highest BCUT2D eigenvalue weighted by molar-refractivity contribution is 6.12. The maximum absolute atomic E-state index is 13.9. The second-order valence-electron chi connectivity index (χ2n) is 6.09. The summed E-state index contributed by atoms with van der Waals surface area (Å²) in [6.45, 7) is 0. The van der Waals surface area contributed by atoms with Gasteiger partial charge in [-0.3, -0.25) is 0 Å². The van der Waals surface area contributed by atoms with E-state index in [2.05, 4.69) is 10.3 Å². The molecular weight excluding hydrogens is 344 g/mol. The third-order valence-electron chi connectivity index (χ3n) is 4.47. The minimum atomic E-state index is -4.40. The zero-order valence-electron chi connectivity index (χ0n) is 13.7. The number of hydrogen-bond acceptors (Lipinski definition) is 1. The first-order valence-corrected chi connectivity index (χ1v) is 7.97. The lowest BCUT2D eigenvalue weighted by molar-refractivity contribution is -0.137. The normalized spacial score (nSPS) is 12.0. The van der Waals surface area contributed by atoms with E-state index in [1.165, 1.54) is 18.2 Å². The van der Waals surface area contributed by atoms with Gasteiger partial charge in [-0.2, -0.15) is 13.2 Å². The monoisotopic (exact) mass is 358 g/mol. The van der Waals surface area contributed by atoms with Crippen LogP contribution in [0, 0.1) is 5.82 Å². The molecule has 26 heavy (non-hydrogen) atoms. The number of aromatic amines is 1. The molecule has 0 saturated heterocycles. The molecule has 0 fully saturated rings. The number of rotatable bonds is 2. The van der Waals surface area contributed by atoms with E-state index in [0.29, 0.717) is 22.2 Å². The van der Waals surface area contributed by atoms with Gasteiger partial charge in [-0.05, 0) is 47.5 Å². The standard InChI is InChI=1S/C20H14F4N2/c1-25-18-10-14(21)9-16-15-8-12(5-6-17(15)26-19(16)18)11-3-2-4-13(7-11)20(22,23)24/h2-10,25-26H,1H3. The van der Waals surface area contributed by atoms with Crippen LogP contribution in [0.3, 0.4) is 0 Å². The lowest BCUT2D eigenvalue weighted by Gasteiger charge is -2.09. The Labute approximate surface area is 146 Å². The van der Waals surface area contributed by atoms with Gasteiger partial charge in [0.1, 0.15) is 5.82 Å². The summed E-state index contributed by atoms with van der Waals surface area (Å²) in [4.78, 5) is 3.23. The van der Waals surface area contributed by atoms with Crippen LogP contribution in [0.5, 0.6) is 0 Å². The average molecular weight is 358 g/mol. The van der Waals surface area contributed by atoms with Crippen LogP contribution in [0.15, 0.2) is 54.6 Å². The van der Waals surface area contributed by atoms with Gasteiger partial charge in [0.2, 0.25) is 0 Å². The molecule has 132 valence electrons. The quantitative estimate of drug-likeness (QED) is 0.411. The summed E-state index contributed by atoms with van der Waals surface area (Å²) < 4.78 is 52.8. The SMILES string of the molecule is CNc1cc(F)cc2c1[nH]c1ccc(-c3cccc(C(F)(F)F)c3)cc12. The average Bonchev–Trinajstić information content (AvgIpc) is 2.98. The fourth-order valence-corrected chi connectivity index (χ4v) is 3.22. The zero-order valence-corrected chi connectivity index (χ0v) is 13.7. The number of anilines is 1. The first kappa shape index (κ1) is 16.4. The highest BCUT2D eigenvalue weighted by Gasteiger charge is 2.30. The van der Waals surface area contributed by atoms with Crippen molar-refractivity contribution in [3.8, 4) is 11.1 Å². The van der Waals surface area contributed by atoms with Crippen LogP contribution in [-0.2, 0) is 6.18 Å². The van der Waals surface area contributed by atoms with Gasteiger partial charge < -0.3 is 10.3 Å². The van der Waals surface area contributed by atoms with Crippen molar-refractivity contribution in [1.82, 2.24) is 4.98 Å². The molecule has 0 aliphatic heterocycles. The molecule has 0 saturated carbocycles. The number of halogens is 4. The van der Waals surface area contributed by atoms with E-state index < -0.39 is 11.7 Å². The molecule has 0 bridgehead atoms. The first-order chi connectivity index (χ1) is 12.4. The third kappa shape index (κ3) is 2.67. The van der Waals surface area contributed by atoms with E-state index in [4.69, 9.17) is 0 Å². The number of nitrogens with one attached hydrogen (secondary N) is 2. The molecule has 0 unspecified atom stereocenters. The van der Waals surface area contributed by atoms with Crippen LogP contribution in [0.1, 0.15) is 5.56 Å². The van der Waals surface area contributed by atoms with Crippen molar-refractivity contribution in [1.29, 1.82) is 0 Å². The molecule has 0 aliphatic carbocycles. The Kier molecular flexibility index (Phi) is 3.64. The first-order valence-electron chi connectivity index (χ1n) is 7.97. The fourth-order valence-electron chi connectivity index (χ4n) is 3.22. The van der Waals surface area contributed by atoms with Crippen molar-refractivity contribution in [2.75, 3.05) is 12.4 Å². The van der Waals surface area contributed by atoms with Gasteiger partial charge in [-0.15, -0.1) is 0 Å². The molecule has 0 amide bonds. The molecule has 6 heteroatoms. The molecular formula is C20H14F4N2. The summed E-state index contributed by atoms with van der Waals surface area (Å²) >= 11 is 0. The van der Waals surface area contributed by atoms with Gasteiger partial charge in [0.25, 0.3) is 0 Å². The van der Waals surface area contributed by atoms with Gasteiger partial charge in [0.15, 0.2) is 0 Å². The predicted molar refractivity (Wildman–Crippen MR) is 95.7 cm³/mol. The van der Waals surface area contributed by atoms with E-state index >= 15 is 0 Å². The van der Waals surface area contributed by atoms with Crippen molar-refractivity contribution in [3.63, 3.8) is 0 Å². The van der Waals surface area contributed by atoms with Crippen LogP contribution in [0.2, 0.25) is 0 Å². The molecule has 2 N–H and O–H groups in total. The Bertz CT molecular complexity index is 1130. The maximum Gasteiger partial charge on any atom is 0.416 e. The van der Waals surface area contributed by atoms with Crippen LogP contribution in [0.25, 0.3) is 32.9 Å². The van der Waals surface area contributed by atoms with Gasteiger partial charge >= 0.3 is 6.18 Å². The molecule has 0 aliphatic rings. The Hall–Kier alpha value is -3.02. The van der Waals surface area contributed by atoms with E-state index in [0.717, 1.165) is 28.6 Å². The molecule has 4 aromatic rings. The van der Waals surface area contributed by atoms with Crippen LogP contribution >= 0.6 is 0 Å². The molecule has 0 spiro atoms.